The number of carbonyl (C=O) groups is 2. The van der Waals surface area contributed by atoms with Crippen molar-refractivity contribution in [2.45, 2.75) is 19.8 Å². The van der Waals surface area contributed by atoms with Crippen molar-refractivity contribution in [3.05, 3.63) is 29.8 Å². The first-order valence-electron chi connectivity index (χ1n) is 5.65. The second-order valence-corrected chi connectivity index (χ2v) is 3.73. The Labute approximate surface area is 105 Å². The highest BCUT2D eigenvalue weighted by Crippen LogP contribution is 2.19. The fourth-order valence-electron chi connectivity index (χ4n) is 1.36. The van der Waals surface area contributed by atoms with Crippen molar-refractivity contribution in [1.29, 1.82) is 0 Å². The number of carbonyl (C=O) groups excluding carboxylic acids is 2. The maximum absolute atomic E-state index is 11.6. The molecule has 0 aromatic heterocycles. The van der Waals surface area contributed by atoms with E-state index in [4.69, 9.17) is 9.84 Å². The third-order valence-corrected chi connectivity index (χ3v) is 2.38. The van der Waals surface area contributed by atoms with Gasteiger partial charge in [0.15, 0.2) is 6.61 Å². The van der Waals surface area contributed by atoms with E-state index in [-0.39, 0.29) is 19.0 Å². The highest BCUT2D eigenvalue weighted by atomic mass is 16.6. The highest BCUT2D eigenvalue weighted by Gasteiger charge is 2.18. The van der Waals surface area contributed by atoms with Crippen LogP contribution in [0.2, 0.25) is 0 Å². The number of phenolic OH excluding ortho intramolecular Hbond substituents is 1. The van der Waals surface area contributed by atoms with Crippen LogP contribution < -0.4 is 0 Å². The zero-order chi connectivity index (χ0) is 13.5. The lowest BCUT2D eigenvalue weighted by Crippen LogP contribution is -2.19. The number of ether oxygens (including phenoxy) is 2. The van der Waals surface area contributed by atoms with Crippen molar-refractivity contribution in [1.82, 2.24) is 0 Å². The molecular weight excluding hydrogens is 236 g/mol. The summed E-state index contributed by atoms with van der Waals surface area (Å²) in [5.74, 6) is -1.44. The molecule has 0 heterocycles. The van der Waals surface area contributed by atoms with Crippen molar-refractivity contribution in [3.63, 3.8) is 0 Å². The molecule has 0 fully saturated rings. The van der Waals surface area contributed by atoms with Gasteiger partial charge in [0.25, 0.3) is 0 Å². The molecule has 0 aliphatic carbocycles. The summed E-state index contributed by atoms with van der Waals surface area (Å²) >= 11 is 0. The third-order valence-electron chi connectivity index (χ3n) is 2.38. The molecule has 0 saturated heterocycles. The van der Waals surface area contributed by atoms with E-state index in [1.54, 1.807) is 26.0 Å². The Kier molecular flexibility index (Phi) is 5.17. The van der Waals surface area contributed by atoms with Crippen molar-refractivity contribution < 1.29 is 24.2 Å². The van der Waals surface area contributed by atoms with Crippen LogP contribution >= 0.6 is 0 Å². The van der Waals surface area contributed by atoms with Crippen molar-refractivity contribution >= 4 is 11.9 Å². The van der Waals surface area contributed by atoms with Gasteiger partial charge in [-0.25, -0.2) is 4.79 Å². The van der Waals surface area contributed by atoms with Crippen LogP contribution in [0.4, 0.5) is 0 Å². The maximum atomic E-state index is 11.6. The van der Waals surface area contributed by atoms with Gasteiger partial charge >= 0.3 is 11.9 Å². The zero-order valence-electron chi connectivity index (χ0n) is 10.4. The van der Waals surface area contributed by atoms with Crippen LogP contribution in [0.25, 0.3) is 0 Å². The van der Waals surface area contributed by atoms with Gasteiger partial charge in [0.2, 0.25) is 0 Å². The monoisotopic (exact) mass is 252 g/mol. The van der Waals surface area contributed by atoms with Gasteiger partial charge in [-0.05, 0) is 31.5 Å². The molecule has 0 saturated carbocycles. The molecule has 0 unspecified atom stereocenters. The number of esters is 2. The van der Waals surface area contributed by atoms with Crippen LogP contribution in [-0.4, -0.2) is 30.3 Å². The molecule has 1 atom stereocenters. The lowest BCUT2D eigenvalue weighted by molar-refractivity contribution is -0.159. The summed E-state index contributed by atoms with van der Waals surface area (Å²) in [5.41, 5.74) is 0.710. The van der Waals surface area contributed by atoms with Crippen LogP contribution in [0, 0.1) is 0 Å². The van der Waals surface area contributed by atoms with E-state index >= 15 is 0 Å². The lowest BCUT2D eigenvalue weighted by atomic mass is 10.0. The zero-order valence-corrected chi connectivity index (χ0v) is 10.4. The normalized spacial score (nSPS) is 11.7. The van der Waals surface area contributed by atoms with Crippen LogP contribution in [0.5, 0.6) is 5.75 Å². The molecule has 5 heteroatoms. The number of hydrogen-bond acceptors (Lipinski definition) is 5. The Morgan fingerprint density at radius 2 is 1.83 bits per heavy atom. The number of aromatic hydroxyl groups is 1. The predicted molar refractivity (Wildman–Crippen MR) is 64.1 cm³/mol. The van der Waals surface area contributed by atoms with Crippen molar-refractivity contribution in [2.24, 2.45) is 0 Å². The second-order valence-electron chi connectivity index (χ2n) is 3.73. The Balaban J connectivity index is 2.51. The largest absolute Gasteiger partial charge is 0.508 e. The Bertz CT molecular complexity index is 410. The minimum absolute atomic E-state index is 0.130. The third kappa shape index (κ3) is 4.08. The Morgan fingerprint density at radius 3 is 2.39 bits per heavy atom. The van der Waals surface area contributed by atoms with Gasteiger partial charge in [-0.3, -0.25) is 4.79 Å². The van der Waals surface area contributed by atoms with Gasteiger partial charge in [0.05, 0.1) is 12.5 Å². The summed E-state index contributed by atoms with van der Waals surface area (Å²) in [4.78, 5) is 22.7. The van der Waals surface area contributed by atoms with E-state index in [0.29, 0.717) is 5.56 Å². The van der Waals surface area contributed by atoms with Crippen LogP contribution in [0.15, 0.2) is 24.3 Å². The topological polar surface area (TPSA) is 72.8 Å². The van der Waals surface area contributed by atoms with Gasteiger partial charge < -0.3 is 14.6 Å². The molecule has 1 aromatic carbocycles. The smallest absolute Gasteiger partial charge is 0.344 e. The SMILES string of the molecule is CCOC(=O)COC(=O)[C@H](C)c1ccc(O)cc1. The molecule has 1 N–H and O–H groups in total. The predicted octanol–water partition coefficient (Wildman–Crippen LogP) is 1.60. The van der Waals surface area contributed by atoms with E-state index in [1.807, 2.05) is 0 Å². The molecule has 0 aliphatic heterocycles. The number of hydrogen-bond donors (Lipinski definition) is 1. The number of rotatable bonds is 5. The van der Waals surface area contributed by atoms with E-state index in [9.17, 15) is 9.59 Å². The molecule has 18 heavy (non-hydrogen) atoms. The summed E-state index contributed by atoms with van der Waals surface area (Å²) in [5, 5.41) is 9.13. The number of benzene rings is 1. The van der Waals surface area contributed by atoms with Gasteiger partial charge in [0, 0.05) is 0 Å². The van der Waals surface area contributed by atoms with Crippen LogP contribution in [-0.2, 0) is 19.1 Å². The van der Waals surface area contributed by atoms with Gasteiger partial charge in [-0.1, -0.05) is 12.1 Å². The van der Waals surface area contributed by atoms with Gasteiger partial charge in [-0.15, -0.1) is 0 Å². The molecule has 98 valence electrons. The molecule has 0 aliphatic rings. The molecule has 5 nitrogen and oxygen atoms in total. The standard InChI is InChI=1S/C13H16O5/c1-3-17-12(15)8-18-13(16)9(2)10-4-6-11(14)7-5-10/h4-7,9,14H,3,8H2,1-2H3/t9-/m1/s1. The summed E-state index contributed by atoms with van der Waals surface area (Å²) in [6.07, 6.45) is 0. The molecule has 0 bridgehead atoms. The molecule has 0 spiro atoms. The molecule has 0 amide bonds. The minimum Gasteiger partial charge on any atom is -0.508 e. The van der Waals surface area contributed by atoms with E-state index in [2.05, 4.69) is 4.74 Å². The summed E-state index contributed by atoms with van der Waals surface area (Å²) in [6, 6.07) is 6.24. The fourth-order valence-corrected chi connectivity index (χ4v) is 1.36. The average molecular weight is 252 g/mol. The summed E-state index contributed by atoms with van der Waals surface area (Å²) < 4.78 is 9.47. The first-order valence-corrected chi connectivity index (χ1v) is 5.65. The molecule has 1 rings (SSSR count). The first kappa shape index (κ1) is 14.0. The Hall–Kier alpha value is -2.04. The highest BCUT2D eigenvalue weighted by molar-refractivity contribution is 5.81. The molecule has 1 aromatic rings. The average Bonchev–Trinajstić information content (AvgIpc) is 2.36. The van der Waals surface area contributed by atoms with E-state index in [1.165, 1.54) is 12.1 Å². The summed E-state index contributed by atoms with van der Waals surface area (Å²) in [7, 11) is 0. The van der Waals surface area contributed by atoms with Gasteiger partial charge in [0.1, 0.15) is 5.75 Å². The van der Waals surface area contributed by atoms with E-state index in [0.717, 1.165) is 0 Å². The second kappa shape index (κ2) is 6.64. The first-order chi connectivity index (χ1) is 8.54. The number of phenols is 1. The maximum Gasteiger partial charge on any atom is 0.344 e. The van der Waals surface area contributed by atoms with Crippen LogP contribution in [0.3, 0.4) is 0 Å². The van der Waals surface area contributed by atoms with Crippen molar-refractivity contribution in [2.75, 3.05) is 13.2 Å². The van der Waals surface area contributed by atoms with Crippen molar-refractivity contribution in [3.8, 4) is 5.75 Å². The minimum atomic E-state index is -0.566. The fraction of sp³-hybridized carbons (Fsp3) is 0.385. The van der Waals surface area contributed by atoms with E-state index < -0.39 is 17.9 Å². The van der Waals surface area contributed by atoms with Crippen LogP contribution in [0.1, 0.15) is 25.3 Å². The lowest BCUT2D eigenvalue weighted by Gasteiger charge is -2.11. The molecular formula is C13H16O5. The Morgan fingerprint density at radius 1 is 1.22 bits per heavy atom. The quantitative estimate of drug-likeness (QED) is 0.806. The summed E-state index contributed by atoms with van der Waals surface area (Å²) in [6.45, 7) is 3.22. The molecule has 0 radical (unpaired) electrons. The van der Waals surface area contributed by atoms with Gasteiger partial charge in [-0.2, -0.15) is 0 Å².